The van der Waals surface area contributed by atoms with Gasteiger partial charge in [-0.1, -0.05) is 153 Å². The Bertz CT molecular complexity index is 3810. The second kappa shape index (κ2) is 16.9. The van der Waals surface area contributed by atoms with E-state index in [1.807, 2.05) is 0 Å². The monoisotopic (exact) mass is 1000 g/mol. The second-order valence-corrected chi connectivity index (χ2v) is 25.0. The summed E-state index contributed by atoms with van der Waals surface area (Å²) >= 11 is 0. The number of carbonyl (C=O) groups is 1. The lowest BCUT2D eigenvalue weighted by Gasteiger charge is -2.42. The van der Waals surface area contributed by atoms with E-state index in [9.17, 15) is 10.2 Å². The Morgan fingerprint density at radius 2 is 0.803 bits per heavy atom. The van der Waals surface area contributed by atoms with Gasteiger partial charge in [0.15, 0.2) is 11.6 Å². The standard InChI is InChI=1S/C72H72O4/c1-5-9-13-17-21-37-49-33-52-42-27-31-47-60-48-32-28-43(58(42)60)53(52)34-50(49)38(22-18-14-10-6-2)62-61(37)70-63-45-29-25-40-54-35-51-39(23-19-15-11-7-3)65-67(72(74,75)68(48)66(47)69(65)73)44(24-20-16-12-8-4)56(51)36-55(54)41-26-30-46(59(45)57(40)41)64(63)71(62)76-70/h25-36,63-64,66,68,70-71,74-75H,5-24H2,1-4H3/t63?,64?,66?,68?,70-,71+/m1/s1. The molecule has 1 fully saturated rings. The van der Waals surface area contributed by atoms with E-state index in [1.54, 1.807) is 0 Å². The minimum absolute atomic E-state index is 0.00965. The topological polar surface area (TPSA) is 66.8 Å². The molecule has 5 aliphatic carbocycles. The molecule has 0 radical (unpaired) electrons. The molecular formula is C72H72O4. The average Bonchev–Trinajstić information content (AvgIpc) is 4.16. The van der Waals surface area contributed by atoms with Crippen molar-refractivity contribution in [3.8, 4) is 44.5 Å². The summed E-state index contributed by atoms with van der Waals surface area (Å²) < 4.78 is 7.64. The van der Waals surface area contributed by atoms with Crippen molar-refractivity contribution in [2.45, 2.75) is 198 Å². The molecule has 0 saturated carbocycles. The molecule has 0 amide bonds. The molecule has 2 N–H and O–H groups in total. The highest BCUT2D eigenvalue weighted by atomic mass is 16.5. The van der Waals surface area contributed by atoms with E-state index < -0.39 is 17.6 Å². The van der Waals surface area contributed by atoms with Crippen molar-refractivity contribution in [2.75, 3.05) is 0 Å². The van der Waals surface area contributed by atoms with E-state index in [1.165, 1.54) is 143 Å². The summed E-state index contributed by atoms with van der Waals surface area (Å²) in [7, 11) is 0. The zero-order valence-electron chi connectivity index (χ0n) is 45.2. The first-order valence-electron chi connectivity index (χ1n) is 30.5. The molecular weight excluding hydrogens is 929 g/mol. The van der Waals surface area contributed by atoms with E-state index in [0.717, 1.165) is 122 Å². The van der Waals surface area contributed by atoms with Crippen LogP contribution in [0.5, 0.6) is 0 Å². The molecule has 2 bridgehead atoms. The molecule has 8 aromatic carbocycles. The van der Waals surface area contributed by atoms with Crippen LogP contribution in [0.2, 0.25) is 0 Å². The predicted molar refractivity (Wildman–Crippen MR) is 311 cm³/mol. The smallest absolute Gasteiger partial charge is 0.198 e. The fraction of sp³-hybridized carbons (Fsp3) is 0.431. The molecule has 15 rings (SSSR count). The Morgan fingerprint density at radius 1 is 0.421 bits per heavy atom. The fourth-order valence-corrected chi connectivity index (χ4v) is 18.0. The molecule has 2 aliphatic heterocycles. The van der Waals surface area contributed by atoms with Crippen LogP contribution in [-0.4, -0.2) is 16.0 Å². The molecule has 4 heteroatoms. The van der Waals surface area contributed by atoms with Gasteiger partial charge in [0.05, 0.1) is 24.0 Å². The lowest BCUT2D eigenvalue weighted by atomic mass is 9.65. The van der Waals surface area contributed by atoms with Gasteiger partial charge in [0.1, 0.15) is 0 Å². The second-order valence-electron chi connectivity index (χ2n) is 25.0. The number of rotatable bonds is 20. The number of fused-ring (bicyclic) bond motifs is 22. The lowest BCUT2D eigenvalue weighted by molar-refractivity contribution is -0.193. The third-order valence-corrected chi connectivity index (χ3v) is 21.1. The predicted octanol–water partition coefficient (Wildman–Crippen LogP) is 18.6. The van der Waals surface area contributed by atoms with Crippen molar-refractivity contribution in [1.29, 1.82) is 0 Å². The van der Waals surface area contributed by atoms with Crippen LogP contribution in [-0.2, 0) is 36.2 Å². The van der Waals surface area contributed by atoms with Crippen LogP contribution in [0.1, 0.15) is 238 Å². The van der Waals surface area contributed by atoms with Gasteiger partial charge in [0.2, 0.25) is 0 Å². The van der Waals surface area contributed by atoms with Crippen LogP contribution in [0.4, 0.5) is 0 Å². The van der Waals surface area contributed by atoms with Gasteiger partial charge >= 0.3 is 0 Å². The van der Waals surface area contributed by atoms with Crippen LogP contribution in [0.3, 0.4) is 0 Å². The van der Waals surface area contributed by atoms with Gasteiger partial charge < -0.3 is 14.9 Å². The van der Waals surface area contributed by atoms with Crippen molar-refractivity contribution in [2.24, 2.45) is 0 Å². The average molecular weight is 1000 g/mol. The van der Waals surface area contributed by atoms with E-state index in [4.69, 9.17) is 4.74 Å². The maximum absolute atomic E-state index is 16.4. The molecule has 7 aliphatic rings. The summed E-state index contributed by atoms with van der Waals surface area (Å²) in [6.45, 7) is 9.15. The lowest BCUT2D eigenvalue weighted by Crippen LogP contribution is -2.44. The van der Waals surface area contributed by atoms with E-state index >= 15 is 4.79 Å². The summed E-state index contributed by atoms with van der Waals surface area (Å²) in [5.41, 5.74) is 24.0. The van der Waals surface area contributed by atoms with Crippen molar-refractivity contribution >= 4 is 48.9 Å². The Balaban J connectivity index is 1.03. The van der Waals surface area contributed by atoms with Crippen LogP contribution in [0, 0.1) is 0 Å². The molecule has 6 atom stereocenters. The summed E-state index contributed by atoms with van der Waals surface area (Å²) in [5, 5.41) is 37.4. The molecule has 0 aromatic heterocycles. The van der Waals surface area contributed by atoms with Gasteiger partial charge in [-0.15, -0.1) is 0 Å². The van der Waals surface area contributed by atoms with Crippen molar-refractivity contribution in [3.63, 3.8) is 0 Å². The van der Waals surface area contributed by atoms with Gasteiger partial charge in [-0.05, 0) is 219 Å². The summed E-state index contributed by atoms with van der Waals surface area (Å²) in [6, 6.07) is 29.0. The van der Waals surface area contributed by atoms with E-state index in [0.29, 0.717) is 17.5 Å². The van der Waals surface area contributed by atoms with Gasteiger partial charge in [0, 0.05) is 23.0 Å². The highest BCUT2D eigenvalue weighted by molar-refractivity contribution is 6.24. The number of ketones is 1. The number of carbonyl (C=O) groups excluding carboxylic acids is 1. The normalized spacial score (nSPS) is 21.9. The molecule has 384 valence electrons. The number of Topliss-reactive ketones (excluding diaryl/α,β-unsaturated/α-hetero) is 1. The number of ether oxygens (including phenoxy) is 1. The number of benzene rings is 8. The van der Waals surface area contributed by atoms with Crippen LogP contribution in [0.25, 0.3) is 87.6 Å². The van der Waals surface area contributed by atoms with Crippen LogP contribution >= 0.6 is 0 Å². The first-order valence-corrected chi connectivity index (χ1v) is 30.5. The Kier molecular flexibility index (Phi) is 10.3. The molecule has 0 spiro atoms. The summed E-state index contributed by atoms with van der Waals surface area (Å²) in [4.78, 5) is 16.4. The Hall–Kier alpha value is -5.65. The number of hydrogen-bond acceptors (Lipinski definition) is 4. The first kappa shape index (κ1) is 46.4. The quantitative estimate of drug-likeness (QED) is 0.0590. The Morgan fingerprint density at radius 3 is 1.26 bits per heavy atom. The molecule has 8 aromatic rings. The number of unbranched alkanes of at least 4 members (excludes halogenated alkanes) is 12. The summed E-state index contributed by atoms with van der Waals surface area (Å²) in [6.07, 6.45) is 21.7. The molecule has 76 heavy (non-hydrogen) atoms. The maximum atomic E-state index is 16.4. The zero-order chi connectivity index (χ0) is 51.0. The first-order chi connectivity index (χ1) is 37.3. The van der Waals surface area contributed by atoms with Crippen molar-refractivity contribution in [1.82, 2.24) is 0 Å². The van der Waals surface area contributed by atoms with Crippen LogP contribution < -0.4 is 0 Å². The van der Waals surface area contributed by atoms with Gasteiger partial charge in [0.25, 0.3) is 0 Å². The van der Waals surface area contributed by atoms with Crippen LogP contribution in [0.15, 0.2) is 72.8 Å². The fourth-order valence-electron chi connectivity index (χ4n) is 18.0. The molecule has 2 heterocycles. The minimum atomic E-state index is -2.28. The van der Waals surface area contributed by atoms with Gasteiger partial charge in [-0.3, -0.25) is 4.79 Å². The number of aliphatic hydroxyl groups is 2. The van der Waals surface area contributed by atoms with Gasteiger partial charge in [-0.25, -0.2) is 0 Å². The highest BCUT2D eigenvalue weighted by Gasteiger charge is 2.60. The van der Waals surface area contributed by atoms with E-state index in [2.05, 4.69) is 100 Å². The zero-order valence-corrected chi connectivity index (χ0v) is 45.2. The van der Waals surface area contributed by atoms with Crippen molar-refractivity contribution < 1.29 is 19.7 Å². The minimum Gasteiger partial charge on any atom is -0.364 e. The third kappa shape index (κ3) is 5.84. The molecule has 4 nitrogen and oxygen atoms in total. The molecule has 4 unspecified atom stereocenters. The Labute approximate surface area is 448 Å². The largest absolute Gasteiger partial charge is 0.364 e. The van der Waals surface area contributed by atoms with Crippen molar-refractivity contribution in [3.05, 3.63) is 140 Å². The van der Waals surface area contributed by atoms with Gasteiger partial charge in [-0.2, -0.15) is 0 Å². The third-order valence-electron chi connectivity index (χ3n) is 21.1. The highest BCUT2D eigenvalue weighted by Crippen LogP contribution is 2.73. The van der Waals surface area contributed by atoms with E-state index in [-0.39, 0.29) is 29.8 Å². The number of hydrogen-bond donors (Lipinski definition) is 2. The SMILES string of the molecule is CCCCCCc1c2c3c(CCCCCC)c4cc5c(cc14)-c1ccc4c6c(ccc-5c16)C1C4[C@@H]4O[C@H]1c1c4c(CCCCCC)c4cc5c(cc4c1CCCCCC)-c1ccc4c6c(ccc-5c16)C(C2=O)C4C3(O)O. The molecule has 1 saturated heterocycles. The summed E-state index contributed by atoms with van der Waals surface area (Å²) in [5.74, 6) is -3.22. The number of aryl methyl sites for hydroxylation is 4. The maximum Gasteiger partial charge on any atom is 0.198 e.